The van der Waals surface area contributed by atoms with Crippen LogP contribution in [0.1, 0.15) is 155 Å². The van der Waals surface area contributed by atoms with E-state index in [1.54, 1.807) is 0 Å². The van der Waals surface area contributed by atoms with Gasteiger partial charge in [-0.25, -0.2) is 0 Å². The fourth-order valence-corrected chi connectivity index (χ4v) is 3.57. The Balaban J connectivity index is 0. The molecular formula is C26H52O4. The Bertz CT molecular complexity index is 355. The molecule has 2 N–H and O–H groups in total. The maximum Gasteiger partial charge on any atom is 0.303 e. The summed E-state index contributed by atoms with van der Waals surface area (Å²) in [5.74, 6) is -1.36. The van der Waals surface area contributed by atoms with E-state index in [4.69, 9.17) is 10.2 Å². The molecule has 0 spiro atoms. The van der Waals surface area contributed by atoms with Gasteiger partial charge < -0.3 is 10.2 Å². The highest BCUT2D eigenvalue weighted by atomic mass is 16.4. The van der Waals surface area contributed by atoms with E-state index in [1.807, 2.05) is 6.92 Å². The Morgan fingerprint density at radius 2 is 0.667 bits per heavy atom. The Hall–Kier alpha value is -1.06. The summed E-state index contributed by atoms with van der Waals surface area (Å²) >= 11 is 0. The number of aliphatic carboxylic acids is 2. The Kier molecular flexibility index (Phi) is 29.0. The highest BCUT2D eigenvalue weighted by molar-refractivity contribution is 5.66. The molecule has 30 heavy (non-hydrogen) atoms. The number of rotatable bonds is 22. The third-order valence-electron chi connectivity index (χ3n) is 5.46. The van der Waals surface area contributed by atoms with Crippen LogP contribution in [0.15, 0.2) is 0 Å². The summed E-state index contributed by atoms with van der Waals surface area (Å²) in [6, 6.07) is 0. The van der Waals surface area contributed by atoms with Crippen molar-refractivity contribution in [2.24, 2.45) is 0 Å². The summed E-state index contributed by atoms with van der Waals surface area (Å²) in [6.45, 7) is 4.12. The maximum absolute atomic E-state index is 10.4. The molecule has 0 rings (SSSR count). The van der Waals surface area contributed by atoms with Gasteiger partial charge in [-0.3, -0.25) is 9.59 Å². The van der Waals surface area contributed by atoms with Crippen LogP contribution in [0.5, 0.6) is 0 Å². The number of unbranched alkanes of at least 4 members (excludes halogenated alkanes) is 18. The van der Waals surface area contributed by atoms with Crippen LogP contribution in [0.3, 0.4) is 0 Å². The first-order valence-electron chi connectivity index (χ1n) is 13.0. The molecule has 0 atom stereocenters. The van der Waals surface area contributed by atoms with Gasteiger partial charge in [0, 0.05) is 12.8 Å². The molecule has 4 heteroatoms. The first-order valence-corrected chi connectivity index (χ1v) is 13.0. The number of carboxylic acids is 2. The smallest absolute Gasteiger partial charge is 0.303 e. The normalized spacial score (nSPS) is 10.5. The molecule has 0 aromatic rings. The predicted molar refractivity (Wildman–Crippen MR) is 128 cm³/mol. The summed E-state index contributed by atoms with van der Waals surface area (Å²) in [6.07, 6.45) is 27.1. The fraction of sp³-hybridized carbons (Fsp3) is 0.923. The molecule has 0 radical (unpaired) electrons. The van der Waals surface area contributed by atoms with Crippen LogP contribution in [0.2, 0.25) is 0 Å². The summed E-state index contributed by atoms with van der Waals surface area (Å²) < 4.78 is 0. The van der Waals surface area contributed by atoms with Crippen LogP contribution in [-0.2, 0) is 9.59 Å². The third-order valence-corrected chi connectivity index (χ3v) is 5.46. The monoisotopic (exact) mass is 428 g/mol. The standard InChI is InChI=1S/C22H44O2.C4H8O2/c1-2-3-4-5-6-7-8-9-10-11-12-13-14-15-16-17-18-19-20-21-22(23)24;1-2-3-4(5)6/h2-21H2,1H3,(H,23,24);2-3H2,1H3,(H,5,6). The van der Waals surface area contributed by atoms with Crippen molar-refractivity contribution in [3.05, 3.63) is 0 Å². The second-order valence-electron chi connectivity index (χ2n) is 8.65. The molecule has 180 valence electrons. The first kappa shape index (κ1) is 31.1. The van der Waals surface area contributed by atoms with Crippen molar-refractivity contribution in [2.45, 2.75) is 155 Å². The summed E-state index contributed by atoms with van der Waals surface area (Å²) in [5, 5.41) is 16.5. The predicted octanol–water partition coefficient (Wildman–Crippen LogP) is 8.76. The molecule has 0 heterocycles. The van der Waals surface area contributed by atoms with Gasteiger partial charge in [0.2, 0.25) is 0 Å². The zero-order valence-electron chi connectivity index (χ0n) is 20.3. The fourth-order valence-electron chi connectivity index (χ4n) is 3.57. The quantitative estimate of drug-likeness (QED) is 0.169. The average Bonchev–Trinajstić information content (AvgIpc) is 2.70. The molecule has 0 aromatic carbocycles. The Morgan fingerprint density at radius 3 is 0.867 bits per heavy atom. The lowest BCUT2D eigenvalue weighted by Crippen LogP contribution is -1.93. The van der Waals surface area contributed by atoms with Crippen LogP contribution < -0.4 is 0 Å². The van der Waals surface area contributed by atoms with Gasteiger partial charge in [-0.1, -0.05) is 129 Å². The highest BCUT2D eigenvalue weighted by Gasteiger charge is 1.97. The lowest BCUT2D eigenvalue weighted by molar-refractivity contribution is -0.138. The van der Waals surface area contributed by atoms with Gasteiger partial charge in [-0.2, -0.15) is 0 Å². The van der Waals surface area contributed by atoms with Crippen molar-refractivity contribution in [3.63, 3.8) is 0 Å². The Morgan fingerprint density at radius 1 is 0.400 bits per heavy atom. The molecule has 0 saturated carbocycles. The van der Waals surface area contributed by atoms with E-state index >= 15 is 0 Å². The molecule has 4 nitrogen and oxygen atoms in total. The number of hydrogen-bond acceptors (Lipinski definition) is 2. The molecular weight excluding hydrogens is 376 g/mol. The first-order chi connectivity index (χ1) is 14.5. The third kappa shape index (κ3) is 34.4. The van der Waals surface area contributed by atoms with Crippen molar-refractivity contribution in [1.82, 2.24) is 0 Å². The van der Waals surface area contributed by atoms with Crippen LogP contribution in [-0.4, -0.2) is 22.2 Å². The van der Waals surface area contributed by atoms with Crippen LogP contribution in [0.4, 0.5) is 0 Å². The van der Waals surface area contributed by atoms with Crippen molar-refractivity contribution < 1.29 is 19.8 Å². The molecule has 0 aliphatic heterocycles. The lowest BCUT2D eigenvalue weighted by atomic mass is 10.0. The molecule has 0 aliphatic rings. The Labute approximate surface area is 187 Å². The van der Waals surface area contributed by atoms with Crippen molar-refractivity contribution in [3.8, 4) is 0 Å². The number of carbonyl (C=O) groups is 2. The topological polar surface area (TPSA) is 74.6 Å². The lowest BCUT2D eigenvalue weighted by Gasteiger charge is -2.03. The largest absolute Gasteiger partial charge is 0.481 e. The van der Waals surface area contributed by atoms with Crippen molar-refractivity contribution in [1.29, 1.82) is 0 Å². The minimum Gasteiger partial charge on any atom is -0.481 e. The zero-order valence-corrected chi connectivity index (χ0v) is 20.3. The summed E-state index contributed by atoms with van der Waals surface area (Å²) in [5.41, 5.74) is 0. The molecule has 0 aromatic heterocycles. The maximum atomic E-state index is 10.4. The highest BCUT2D eigenvalue weighted by Crippen LogP contribution is 2.14. The zero-order chi connectivity index (χ0) is 22.7. The van der Waals surface area contributed by atoms with E-state index in [9.17, 15) is 9.59 Å². The number of hydrogen-bond donors (Lipinski definition) is 2. The van der Waals surface area contributed by atoms with E-state index in [-0.39, 0.29) is 0 Å². The van der Waals surface area contributed by atoms with E-state index in [0.717, 1.165) is 19.3 Å². The SMILES string of the molecule is CCCC(=O)O.CCCCCCCCCCCCCCCCCCCCCC(=O)O. The van der Waals surface area contributed by atoms with Gasteiger partial charge in [-0.05, 0) is 12.8 Å². The van der Waals surface area contributed by atoms with Gasteiger partial charge in [0.1, 0.15) is 0 Å². The van der Waals surface area contributed by atoms with Gasteiger partial charge in [0.25, 0.3) is 0 Å². The summed E-state index contributed by atoms with van der Waals surface area (Å²) in [4.78, 5) is 20.0. The van der Waals surface area contributed by atoms with Crippen LogP contribution >= 0.6 is 0 Å². The molecule has 0 amide bonds. The van der Waals surface area contributed by atoms with E-state index in [1.165, 1.54) is 109 Å². The van der Waals surface area contributed by atoms with Crippen LogP contribution in [0.25, 0.3) is 0 Å². The molecule has 0 fully saturated rings. The van der Waals surface area contributed by atoms with Crippen molar-refractivity contribution in [2.75, 3.05) is 0 Å². The number of carboxylic acid groups (broad SMARTS) is 2. The molecule has 0 bridgehead atoms. The average molecular weight is 429 g/mol. The molecule has 0 unspecified atom stereocenters. The van der Waals surface area contributed by atoms with E-state index in [2.05, 4.69) is 6.92 Å². The second kappa shape index (κ2) is 27.9. The van der Waals surface area contributed by atoms with Gasteiger partial charge in [-0.15, -0.1) is 0 Å². The van der Waals surface area contributed by atoms with Gasteiger partial charge in [0.05, 0.1) is 0 Å². The van der Waals surface area contributed by atoms with Crippen LogP contribution in [0, 0.1) is 0 Å². The van der Waals surface area contributed by atoms with Gasteiger partial charge >= 0.3 is 11.9 Å². The molecule has 0 saturated heterocycles. The van der Waals surface area contributed by atoms with E-state index < -0.39 is 11.9 Å². The van der Waals surface area contributed by atoms with Crippen molar-refractivity contribution >= 4 is 11.9 Å². The minimum atomic E-state index is -0.711. The summed E-state index contributed by atoms with van der Waals surface area (Å²) in [7, 11) is 0. The van der Waals surface area contributed by atoms with Gasteiger partial charge in [0.15, 0.2) is 0 Å². The second-order valence-corrected chi connectivity index (χ2v) is 8.65. The molecule has 0 aliphatic carbocycles. The minimum absolute atomic E-state index is 0.292. The van der Waals surface area contributed by atoms with E-state index in [0.29, 0.717) is 12.8 Å².